The van der Waals surface area contributed by atoms with E-state index in [9.17, 15) is 8.78 Å². The summed E-state index contributed by atoms with van der Waals surface area (Å²) in [5.74, 6) is 0. The number of hydrogen-bond donors (Lipinski definition) is 1. The Morgan fingerprint density at radius 2 is 2.29 bits per heavy atom. The highest BCUT2D eigenvalue weighted by atomic mass is 35.5. The number of rotatable bonds is 2. The van der Waals surface area contributed by atoms with Crippen LogP contribution in [0.3, 0.4) is 0 Å². The van der Waals surface area contributed by atoms with E-state index in [2.05, 4.69) is 4.98 Å². The van der Waals surface area contributed by atoms with Crippen LogP contribution in [0.1, 0.15) is 23.2 Å². The zero-order valence-electron chi connectivity index (χ0n) is 6.84. The van der Waals surface area contributed by atoms with Crippen molar-refractivity contribution in [1.29, 1.82) is 5.26 Å². The normalized spacial score (nSPS) is 10.3. The fourth-order valence-electron chi connectivity index (χ4n) is 0.955. The predicted octanol–water partition coefficient (Wildman–Crippen LogP) is 2.04. The maximum Gasteiger partial charge on any atom is 0.266 e. The van der Waals surface area contributed by atoms with Crippen molar-refractivity contribution < 1.29 is 13.9 Å². The van der Waals surface area contributed by atoms with Gasteiger partial charge in [-0.25, -0.2) is 8.78 Å². The van der Waals surface area contributed by atoms with E-state index < -0.39 is 18.6 Å². The number of aliphatic hydroxyl groups excluding tert-OH is 1. The van der Waals surface area contributed by atoms with E-state index in [0.29, 0.717) is 0 Å². The minimum atomic E-state index is -2.86. The fourth-order valence-corrected chi connectivity index (χ4v) is 1.25. The molecule has 0 amide bonds. The van der Waals surface area contributed by atoms with Crippen LogP contribution in [0.25, 0.3) is 0 Å². The third-order valence-corrected chi connectivity index (χ3v) is 2.04. The molecular weight excluding hydrogens is 214 g/mol. The lowest BCUT2D eigenvalue weighted by molar-refractivity contribution is 0.150. The Labute approximate surface area is 83.6 Å². The Morgan fingerprint density at radius 3 is 2.71 bits per heavy atom. The number of aliphatic hydroxyl groups is 1. The summed E-state index contributed by atoms with van der Waals surface area (Å²) in [6, 6.07) is 1.56. The van der Waals surface area contributed by atoms with Crippen LogP contribution in [0.5, 0.6) is 0 Å². The topological polar surface area (TPSA) is 56.9 Å². The molecule has 0 spiro atoms. The molecule has 14 heavy (non-hydrogen) atoms. The molecule has 0 aliphatic heterocycles. The van der Waals surface area contributed by atoms with Crippen molar-refractivity contribution in [2.75, 3.05) is 0 Å². The zero-order chi connectivity index (χ0) is 10.7. The highest BCUT2D eigenvalue weighted by molar-refractivity contribution is 6.32. The average molecular weight is 219 g/mol. The zero-order valence-corrected chi connectivity index (χ0v) is 7.59. The van der Waals surface area contributed by atoms with Crippen molar-refractivity contribution in [3.63, 3.8) is 0 Å². The van der Waals surface area contributed by atoms with Crippen LogP contribution in [0, 0.1) is 11.3 Å². The van der Waals surface area contributed by atoms with Crippen LogP contribution in [-0.2, 0) is 6.61 Å². The van der Waals surface area contributed by atoms with E-state index in [1.54, 1.807) is 6.07 Å². The van der Waals surface area contributed by atoms with E-state index >= 15 is 0 Å². The first kappa shape index (κ1) is 10.8. The van der Waals surface area contributed by atoms with Gasteiger partial charge in [-0.3, -0.25) is 4.98 Å². The smallest absolute Gasteiger partial charge is 0.266 e. The van der Waals surface area contributed by atoms with Crippen LogP contribution in [0.4, 0.5) is 8.78 Å². The van der Waals surface area contributed by atoms with Gasteiger partial charge in [0, 0.05) is 6.20 Å². The number of pyridine rings is 1. The van der Waals surface area contributed by atoms with Crippen molar-refractivity contribution in [3.8, 4) is 6.07 Å². The lowest BCUT2D eigenvalue weighted by atomic mass is 10.1. The third-order valence-electron chi connectivity index (χ3n) is 1.62. The Morgan fingerprint density at radius 1 is 1.64 bits per heavy atom. The Balaban J connectivity index is 3.41. The molecule has 3 nitrogen and oxygen atoms in total. The maximum absolute atomic E-state index is 12.4. The molecule has 1 aromatic rings. The molecule has 0 saturated carbocycles. The summed E-state index contributed by atoms with van der Waals surface area (Å²) in [6.07, 6.45) is -1.88. The number of hydrogen-bond acceptors (Lipinski definition) is 3. The van der Waals surface area contributed by atoms with Crippen molar-refractivity contribution in [2.24, 2.45) is 0 Å². The highest BCUT2D eigenvalue weighted by Gasteiger charge is 2.20. The van der Waals surface area contributed by atoms with Crippen LogP contribution >= 0.6 is 11.6 Å². The maximum atomic E-state index is 12.4. The molecule has 1 heterocycles. The third kappa shape index (κ3) is 1.81. The second-order valence-electron chi connectivity index (χ2n) is 2.42. The first-order valence-corrected chi connectivity index (χ1v) is 3.96. The summed E-state index contributed by atoms with van der Waals surface area (Å²) in [6.45, 7) is -0.537. The summed E-state index contributed by atoms with van der Waals surface area (Å²) < 4.78 is 24.9. The average Bonchev–Trinajstić information content (AvgIpc) is 2.16. The second-order valence-corrected chi connectivity index (χ2v) is 2.79. The van der Waals surface area contributed by atoms with Gasteiger partial charge in [0.2, 0.25) is 0 Å². The van der Waals surface area contributed by atoms with Gasteiger partial charge in [-0.1, -0.05) is 11.6 Å². The van der Waals surface area contributed by atoms with E-state index in [4.69, 9.17) is 22.0 Å². The predicted molar refractivity (Wildman–Crippen MR) is 44.8 cm³/mol. The lowest BCUT2D eigenvalue weighted by Gasteiger charge is -2.07. The summed E-state index contributed by atoms with van der Waals surface area (Å²) in [5, 5.41) is 16.9. The van der Waals surface area contributed by atoms with Gasteiger partial charge in [0.25, 0.3) is 6.43 Å². The summed E-state index contributed by atoms with van der Waals surface area (Å²) >= 11 is 5.53. The van der Waals surface area contributed by atoms with E-state index in [1.165, 1.54) is 0 Å². The molecule has 0 unspecified atom stereocenters. The van der Waals surface area contributed by atoms with Crippen LogP contribution < -0.4 is 0 Å². The fraction of sp³-hybridized carbons (Fsp3) is 0.250. The van der Waals surface area contributed by atoms with E-state index in [1.807, 2.05) is 0 Å². The minimum Gasteiger partial charge on any atom is -0.390 e. The first-order valence-electron chi connectivity index (χ1n) is 3.58. The molecule has 0 aromatic carbocycles. The Hall–Kier alpha value is -1.25. The summed E-state index contributed by atoms with van der Waals surface area (Å²) in [7, 11) is 0. The molecule has 1 N–H and O–H groups in total. The molecule has 1 rings (SSSR count). The van der Waals surface area contributed by atoms with Crippen LogP contribution in [0.15, 0.2) is 6.20 Å². The molecule has 0 bridgehead atoms. The number of alkyl halides is 2. The van der Waals surface area contributed by atoms with Gasteiger partial charge in [0.05, 0.1) is 28.5 Å². The van der Waals surface area contributed by atoms with Gasteiger partial charge in [0.15, 0.2) is 0 Å². The Bertz CT molecular complexity index is 390. The number of aromatic nitrogens is 1. The van der Waals surface area contributed by atoms with Gasteiger partial charge in [-0.05, 0) is 0 Å². The van der Waals surface area contributed by atoms with Crippen molar-refractivity contribution in [2.45, 2.75) is 13.0 Å². The van der Waals surface area contributed by atoms with Gasteiger partial charge in [0.1, 0.15) is 6.07 Å². The van der Waals surface area contributed by atoms with E-state index in [0.717, 1.165) is 6.20 Å². The minimum absolute atomic E-state index is 0.0547. The van der Waals surface area contributed by atoms with Crippen LogP contribution in [-0.4, -0.2) is 10.1 Å². The molecule has 0 atom stereocenters. The van der Waals surface area contributed by atoms with Gasteiger partial charge in [-0.15, -0.1) is 0 Å². The molecular formula is C8H5ClF2N2O. The molecule has 6 heteroatoms. The molecule has 0 radical (unpaired) electrons. The van der Waals surface area contributed by atoms with Gasteiger partial charge >= 0.3 is 0 Å². The summed E-state index contributed by atoms with van der Waals surface area (Å²) in [4.78, 5) is 3.57. The highest BCUT2D eigenvalue weighted by Crippen LogP contribution is 2.31. The quantitative estimate of drug-likeness (QED) is 0.826. The van der Waals surface area contributed by atoms with Gasteiger partial charge < -0.3 is 5.11 Å². The monoisotopic (exact) mass is 218 g/mol. The van der Waals surface area contributed by atoms with Crippen molar-refractivity contribution in [3.05, 3.63) is 28.0 Å². The Kier molecular flexibility index (Phi) is 3.33. The van der Waals surface area contributed by atoms with Crippen molar-refractivity contribution in [1.82, 2.24) is 4.98 Å². The summed E-state index contributed by atoms with van der Waals surface area (Å²) in [5.41, 5.74) is -0.906. The largest absolute Gasteiger partial charge is 0.390 e. The van der Waals surface area contributed by atoms with E-state index in [-0.39, 0.29) is 16.3 Å². The lowest BCUT2D eigenvalue weighted by Crippen LogP contribution is -1.99. The second kappa shape index (κ2) is 4.31. The number of halogens is 3. The standard InChI is InChI=1S/C8H5ClF2N2O/c9-7-5(3-14)13-2-4(1-12)6(7)8(10)11/h2,8,14H,3H2. The molecule has 0 fully saturated rings. The molecule has 0 aliphatic carbocycles. The van der Waals surface area contributed by atoms with Crippen molar-refractivity contribution >= 4 is 11.6 Å². The molecule has 0 aliphatic rings. The number of nitriles is 1. The van der Waals surface area contributed by atoms with Gasteiger partial charge in [-0.2, -0.15) is 5.26 Å². The van der Waals surface area contributed by atoms with Crippen LogP contribution in [0.2, 0.25) is 5.02 Å². The first-order chi connectivity index (χ1) is 6.61. The number of nitrogens with zero attached hydrogens (tertiary/aromatic N) is 2. The SMILES string of the molecule is N#Cc1cnc(CO)c(Cl)c1C(F)F. The molecule has 1 aromatic heterocycles. The molecule has 74 valence electrons. The molecule has 0 saturated heterocycles.